The highest BCUT2D eigenvalue weighted by molar-refractivity contribution is 8.14. The molecular weight excluding hydrogens is 240 g/mol. The monoisotopic (exact) mass is 262 g/mol. The maximum Gasteiger partial charge on any atom is 0.157 e. The van der Waals surface area contributed by atoms with E-state index in [1.807, 2.05) is 11.8 Å². The van der Waals surface area contributed by atoms with E-state index >= 15 is 0 Å². The first kappa shape index (κ1) is 13.5. The van der Waals surface area contributed by atoms with Crippen LogP contribution < -0.4 is 5.32 Å². The second kappa shape index (κ2) is 5.79. The third-order valence-electron chi connectivity index (χ3n) is 3.43. The van der Waals surface area contributed by atoms with E-state index in [2.05, 4.69) is 56.4 Å². The van der Waals surface area contributed by atoms with E-state index in [0.717, 1.165) is 23.8 Å². The third kappa shape index (κ3) is 3.52. The number of aliphatic imine (C=N–C) groups is 1. The lowest BCUT2D eigenvalue weighted by Crippen LogP contribution is -2.39. The molecule has 0 aliphatic carbocycles. The van der Waals surface area contributed by atoms with Crippen LogP contribution in [0.25, 0.3) is 0 Å². The quantitative estimate of drug-likeness (QED) is 0.898. The van der Waals surface area contributed by atoms with Crippen LogP contribution in [0.1, 0.15) is 32.8 Å². The van der Waals surface area contributed by atoms with Gasteiger partial charge in [0.15, 0.2) is 5.17 Å². The fourth-order valence-electron chi connectivity index (χ4n) is 2.02. The molecule has 1 fully saturated rings. The highest BCUT2D eigenvalue weighted by Gasteiger charge is 2.30. The Morgan fingerprint density at radius 2 is 2.11 bits per heavy atom. The molecule has 1 aliphatic heterocycles. The number of amidine groups is 1. The summed E-state index contributed by atoms with van der Waals surface area (Å²) in [6.07, 6.45) is 2.15. The number of thioether (sulfide) groups is 1. The summed E-state index contributed by atoms with van der Waals surface area (Å²) in [5.41, 5.74) is 1.59. The van der Waals surface area contributed by atoms with Crippen molar-refractivity contribution in [1.82, 2.24) is 5.32 Å². The van der Waals surface area contributed by atoms with Gasteiger partial charge >= 0.3 is 0 Å². The Balaban J connectivity index is 1.94. The topological polar surface area (TPSA) is 24.4 Å². The zero-order chi connectivity index (χ0) is 13.0. The van der Waals surface area contributed by atoms with E-state index in [1.165, 1.54) is 5.56 Å². The number of nitrogens with zero attached hydrogens (tertiary/aromatic N) is 1. The van der Waals surface area contributed by atoms with Crippen molar-refractivity contribution in [2.45, 2.75) is 45.2 Å². The van der Waals surface area contributed by atoms with Crippen LogP contribution in [0.5, 0.6) is 0 Å². The van der Waals surface area contributed by atoms with Gasteiger partial charge in [0, 0.05) is 11.3 Å². The molecule has 3 heteroatoms. The van der Waals surface area contributed by atoms with Gasteiger partial charge in [0.2, 0.25) is 0 Å². The summed E-state index contributed by atoms with van der Waals surface area (Å²) in [4.78, 5) is 4.78. The van der Waals surface area contributed by atoms with Gasteiger partial charge in [-0.2, -0.15) is 0 Å². The second-order valence-electron chi connectivity index (χ2n) is 5.30. The number of benzene rings is 1. The predicted octanol–water partition coefficient (Wildman–Crippen LogP) is 3.48. The fourth-order valence-corrected chi connectivity index (χ4v) is 3.32. The molecule has 98 valence electrons. The first-order valence-corrected chi connectivity index (χ1v) is 7.62. The molecule has 1 heterocycles. The summed E-state index contributed by atoms with van der Waals surface area (Å²) in [5.74, 6) is 1.13. The Morgan fingerprint density at radius 1 is 1.39 bits per heavy atom. The fraction of sp³-hybridized carbons (Fsp3) is 0.533. The maximum absolute atomic E-state index is 4.78. The van der Waals surface area contributed by atoms with Crippen molar-refractivity contribution in [3.05, 3.63) is 35.9 Å². The van der Waals surface area contributed by atoms with E-state index in [-0.39, 0.29) is 5.54 Å². The molecule has 1 aromatic rings. The van der Waals surface area contributed by atoms with Gasteiger partial charge < -0.3 is 5.32 Å². The Labute approximate surface area is 114 Å². The van der Waals surface area contributed by atoms with Gasteiger partial charge in [-0.1, -0.05) is 49.0 Å². The van der Waals surface area contributed by atoms with E-state index in [4.69, 9.17) is 4.99 Å². The van der Waals surface area contributed by atoms with Crippen molar-refractivity contribution in [2.24, 2.45) is 4.99 Å². The molecule has 0 radical (unpaired) electrons. The smallest absolute Gasteiger partial charge is 0.157 e. The third-order valence-corrected chi connectivity index (χ3v) is 4.69. The van der Waals surface area contributed by atoms with Crippen LogP contribution in [0.2, 0.25) is 0 Å². The molecule has 2 nitrogen and oxygen atoms in total. The molecule has 0 saturated carbocycles. The predicted molar refractivity (Wildman–Crippen MR) is 81.3 cm³/mol. The largest absolute Gasteiger partial charge is 0.359 e. The van der Waals surface area contributed by atoms with Crippen molar-refractivity contribution in [2.75, 3.05) is 5.75 Å². The number of nitrogens with one attached hydrogen (secondary N) is 1. The molecule has 1 N–H and O–H groups in total. The first-order valence-electron chi connectivity index (χ1n) is 6.64. The Morgan fingerprint density at radius 3 is 2.72 bits per heavy atom. The summed E-state index contributed by atoms with van der Waals surface area (Å²) in [6.45, 7) is 6.68. The van der Waals surface area contributed by atoms with Crippen LogP contribution in [0.4, 0.5) is 0 Å². The minimum atomic E-state index is 0.232. The van der Waals surface area contributed by atoms with E-state index in [0.29, 0.717) is 6.04 Å². The van der Waals surface area contributed by atoms with Crippen molar-refractivity contribution in [1.29, 1.82) is 0 Å². The van der Waals surface area contributed by atoms with Crippen molar-refractivity contribution in [3.63, 3.8) is 0 Å². The van der Waals surface area contributed by atoms with Crippen LogP contribution in [0.15, 0.2) is 35.3 Å². The maximum atomic E-state index is 4.78. The van der Waals surface area contributed by atoms with Crippen molar-refractivity contribution < 1.29 is 0 Å². The van der Waals surface area contributed by atoms with Crippen LogP contribution >= 0.6 is 11.8 Å². The number of hydrogen-bond acceptors (Lipinski definition) is 2. The number of hydrogen-bond donors (Lipinski definition) is 1. The normalized spacial score (nSPS) is 27.2. The molecule has 1 saturated heterocycles. The van der Waals surface area contributed by atoms with Gasteiger partial charge in [0.25, 0.3) is 0 Å². The summed E-state index contributed by atoms with van der Waals surface area (Å²) in [6, 6.07) is 10.9. The molecule has 0 aromatic heterocycles. The Hall–Kier alpha value is -0.960. The van der Waals surface area contributed by atoms with Crippen LogP contribution in [-0.4, -0.2) is 22.5 Å². The highest BCUT2D eigenvalue weighted by Crippen LogP contribution is 2.26. The SMILES string of the molecule is CCC1(C)CSC(=NC(C)Cc2ccccc2)N1. The van der Waals surface area contributed by atoms with E-state index in [9.17, 15) is 0 Å². The lowest BCUT2D eigenvalue weighted by molar-refractivity contribution is 0.465. The Bertz CT molecular complexity index is 416. The van der Waals surface area contributed by atoms with Crippen LogP contribution in [-0.2, 0) is 6.42 Å². The lowest BCUT2D eigenvalue weighted by Gasteiger charge is -2.21. The summed E-state index contributed by atoms with van der Waals surface area (Å²) >= 11 is 1.85. The molecule has 1 aliphatic rings. The highest BCUT2D eigenvalue weighted by atomic mass is 32.2. The van der Waals surface area contributed by atoms with Crippen molar-refractivity contribution >= 4 is 16.9 Å². The standard InChI is InChI=1S/C15H22N2S/c1-4-15(3)11-18-14(17-15)16-12(2)10-13-8-6-5-7-9-13/h5-9,12H,4,10-11H2,1-3H3,(H,16,17). The van der Waals surface area contributed by atoms with Crippen LogP contribution in [0, 0.1) is 0 Å². The molecule has 2 atom stereocenters. The molecule has 1 aromatic carbocycles. The lowest BCUT2D eigenvalue weighted by atomic mass is 10.0. The summed E-state index contributed by atoms with van der Waals surface area (Å²) in [7, 11) is 0. The van der Waals surface area contributed by atoms with Gasteiger partial charge in [0.05, 0.1) is 6.04 Å². The number of rotatable bonds is 4. The molecule has 18 heavy (non-hydrogen) atoms. The van der Waals surface area contributed by atoms with Gasteiger partial charge in [-0.15, -0.1) is 0 Å². The molecule has 2 unspecified atom stereocenters. The van der Waals surface area contributed by atoms with E-state index in [1.54, 1.807) is 0 Å². The summed E-state index contributed by atoms with van der Waals surface area (Å²) < 4.78 is 0. The second-order valence-corrected chi connectivity index (χ2v) is 6.26. The van der Waals surface area contributed by atoms with Gasteiger partial charge in [-0.05, 0) is 32.3 Å². The molecular formula is C15H22N2S. The van der Waals surface area contributed by atoms with Crippen molar-refractivity contribution in [3.8, 4) is 0 Å². The molecule has 0 amide bonds. The zero-order valence-corrected chi connectivity index (χ0v) is 12.3. The molecule has 0 bridgehead atoms. The minimum absolute atomic E-state index is 0.232. The molecule has 2 rings (SSSR count). The Kier molecular flexibility index (Phi) is 4.33. The average Bonchev–Trinajstić information content (AvgIpc) is 2.73. The zero-order valence-electron chi connectivity index (χ0n) is 11.4. The average molecular weight is 262 g/mol. The first-order chi connectivity index (χ1) is 8.61. The summed E-state index contributed by atoms with van der Waals surface area (Å²) in [5, 5.41) is 4.66. The van der Waals surface area contributed by atoms with Crippen LogP contribution in [0.3, 0.4) is 0 Å². The molecule has 0 spiro atoms. The van der Waals surface area contributed by atoms with Gasteiger partial charge in [-0.25, -0.2) is 0 Å². The van der Waals surface area contributed by atoms with E-state index < -0.39 is 0 Å². The minimum Gasteiger partial charge on any atom is -0.359 e. The van der Waals surface area contributed by atoms with Gasteiger partial charge in [-0.3, -0.25) is 4.99 Å². The van der Waals surface area contributed by atoms with Gasteiger partial charge in [0.1, 0.15) is 0 Å².